The number of para-hydroxylation sites is 1. The summed E-state index contributed by atoms with van der Waals surface area (Å²) < 4.78 is 7.34. The van der Waals surface area contributed by atoms with Crippen LogP contribution in [0.4, 0.5) is 0 Å². The number of benzene rings is 1. The molecule has 0 spiro atoms. The molecule has 1 N–H and O–H groups in total. The van der Waals surface area contributed by atoms with Crippen LogP contribution in [-0.2, 0) is 6.42 Å². The number of carboxylic acids is 1. The van der Waals surface area contributed by atoms with E-state index in [2.05, 4.69) is 15.1 Å². The van der Waals surface area contributed by atoms with Crippen LogP contribution in [0.1, 0.15) is 35.0 Å². The Hall–Kier alpha value is -3.22. The molecule has 0 saturated carbocycles. The van der Waals surface area contributed by atoms with Gasteiger partial charge in [0.25, 0.3) is 0 Å². The lowest BCUT2D eigenvalue weighted by Gasteiger charge is -2.10. The predicted molar refractivity (Wildman–Crippen MR) is 91.4 cm³/mol. The zero-order valence-electron chi connectivity index (χ0n) is 14.0. The highest BCUT2D eigenvalue weighted by Gasteiger charge is 2.18. The molecule has 128 valence electrons. The smallest absolute Gasteiger partial charge is 0.339 e. The van der Waals surface area contributed by atoms with E-state index in [0.29, 0.717) is 29.6 Å². The Morgan fingerprint density at radius 3 is 2.80 bits per heavy atom. The van der Waals surface area contributed by atoms with Gasteiger partial charge in [-0.2, -0.15) is 5.10 Å². The van der Waals surface area contributed by atoms with E-state index in [1.165, 1.54) is 17.2 Å². The first-order valence-corrected chi connectivity index (χ1v) is 7.96. The summed E-state index contributed by atoms with van der Waals surface area (Å²) in [5.41, 5.74) is 1.78. The van der Waals surface area contributed by atoms with Crippen molar-refractivity contribution in [3.63, 3.8) is 0 Å². The summed E-state index contributed by atoms with van der Waals surface area (Å²) in [6.07, 6.45) is 4.10. The second-order valence-corrected chi connectivity index (χ2v) is 5.55. The maximum Gasteiger partial charge on any atom is 0.339 e. The van der Waals surface area contributed by atoms with Crippen LogP contribution < -0.4 is 4.74 Å². The van der Waals surface area contributed by atoms with Gasteiger partial charge >= 0.3 is 5.97 Å². The number of carbonyl (C=O) groups is 1. The van der Waals surface area contributed by atoms with Gasteiger partial charge in [-0.05, 0) is 25.0 Å². The van der Waals surface area contributed by atoms with Gasteiger partial charge in [0.15, 0.2) is 5.82 Å². The molecule has 0 aliphatic carbocycles. The number of hydrogen-bond acceptors (Lipinski definition) is 5. The quantitative estimate of drug-likeness (QED) is 0.741. The summed E-state index contributed by atoms with van der Waals surface area (Å²) in [4.78, 5) is 19.7. The Bertz CT molecular complexity index is 905. The molecule has 3 rings (SSSR count). The molecule has 0 aliphatic rings. The van der Waals surface area contributed by atoms with E-state index < -0.39 is 5.97 Å². The molecule has 1 aromatic carbocycles. The molecule has 0 amide bonds. The zero-order chi connectivity index (χ0) is 17.8. The molecule has 0 unspecified atom stereocenters. The summed E-state index contributed by atoms with van der Waals surface area (Å²) in [5, 5.41) is 13.5. The summed E-state index contributed by atoms with van der Waals surface area (Å²) in [7, 11) is 0. The van der Waals surface area contributed by atoms with Gasteiger partial charge in [0, 0.05) is 6.07 Å². The third-order valence-electron chi connectivity index (χ3n) is 3.74. The van der Waals surface area contributed by atoms with Crippen LogP contribution in [0, 0.1) is 6.92 Å². The Kier molecular flexibility index (Phi) is 4.74. The van der Waals surface area contributed by atoms with Crippen molar-refractivity contribution in [2.75, 3.05) is 0 Å². The summed E-state index contributed by atoms with van der Waals surface area (Å²) in [5.74, 6) is 0.538. The largest absolute Gasteiger partial charge is 0.478 e. The average molecular weight is 338 g/mol. The van der Waals surface area contributed by atoms with Gasteiger partial charge in [-0.3, -0.25) is 0 Å². The topological polar surface area (TPSA) is 90.1 Å². The van der Waals surface area contributed by atoms with Crippen LogP contribution in [-0.4, -0.2) is 30.8 Å². The Morgan fingerprint density at radius 1 is 1.28 bits per heavy atom. The second-order valence-electron chi connectivity index (χ2n) is 5.55. The molecule has 3 aromatic rings. The first-order chi connectivity index (χ1) is 12.1. The van der Waals surface area contributed by atoms with Crippen molar-refractivity contribution < 1.29 is 14.6 Å². The van der Waals surface area contributed by atoms with E-state index >= 15 is 0 Å². The molecule has 25 heavy (non-hydrogen) atoms. The van der Waals surface area contributed by atoms with Crippen LogP contribution in [0.5, 0.6) is 11.6 Å². The number of aromatic carboxylic acids is 1. The van der Waals surface area contributed by atoms with Crippen LogP contribution in [0.15, 0.2) is 42.9 Å². The standard InChI is InChI=1S/C18H18N4O3/c1-3-6-14-13(18(23)24)10-21-22(14)16-9-17(20-11-19-16)25-15-8-5-4-7-12(15)2/h4-5,7-11H,3,6H2,1-2H3,(H,23,24). The van der Waals surface area contributed by atoms with E-state index in [0.717, 1.165) is 12.0 Å². The fourth-order valence-electron chi connectivity index (χ4n) is 2.51. The molecule has 7 heteroatoms. The van der Waals surface area contributed by atoms with Gasteiger partial charge in [-0.1, -0.05) is 31.5 Å². The lowest BCUT2D eigenvalue weighted by molar-refractivity contribution is 0.0695. The van der Waals surface area contributed by atoms with Gasteiger partial charge in [0.05, 0.1) is 11.9 Å². The normalized spacial score (nSPS) is 10.6. The van der Waals surface area contributed by atoms with Crippen molar-refractivity contribution in [1.29, 1.82) is 0 Å². The molecule has 0 radical (unpaired) electrons. The summed E-state index contributed by atoms with van der Waals surface area (Å²) in [6.45, 7) is 3.93. The lowest BCUT2D eigenvalue weighted by atomic mass is 10.1. The summed E-state index contributed by atoms with van der Waals surface area (Å²) >= 11 is 0. The number of nitrogens with zero attached hydrogens (tertiary/aromatic N) is 4. The molecular weight excluding hydrogens is 320 g/mol. The van der Waals surface area contributed by atoms with Crippen molar-refractivity contribution in [2.45, 2.75) is 26.7 Å². The number of ether oxygens (including phenoxy) is 1. The van der Waals surface area contributed by atoms with Crippen molar-refractivity contribution in [2.24, 2.45) is 0 Å². The van der Waals surface area contributed by atoms with Crippen LogP contribution in [0.3, 0.4) is 0 Å². The van der Waals surface area contributed by atoms with Gasteiger partial charge in [-0.25, -0.2) is 19.4 Å². The molecule has 0 bridgehead atoms. The molecule has 0 saturated heterocycles. The highest BCUT2D eigenvalue weighted by Crippen LogP contribution is 2.24. The number of hydrogen-bond donors (Lipinski definition) is 1. The fraction of sp³-hybridized carbons (Fsp3) is 0.222. The third-order valence-corrected chi connectivity index (χ3v) is 3.74. The van der Waals surface area contributed by atoms with Gasteiger partial charge in [0.2, 0.25) is 5.88 Å². The number of aromatic nitrogens is 4. The minimum Gasteiger partial charge on any atom is -0.478 e. The molecule has 0 fully saturated rings. The Balaban J connectivity index is 1.97. The first-order valence-electron chi connectivity index (χ1n) is 7.96. The number of carboxylic acid groups (broad SMARTS) is 1. The first kappa shape index (κ1) is 16.6. The molecular formula is C18H18N4O3. The maximum atomic E-state index is 11.4. The maximum absolute atomic E-state index is 11.4. The zero-order valence-corrected chi connectivity index (χ0v) is 14.0. The van der Waals surface area contributed by atoms with Crippen molar-refractivity contribution in [3.8, 4) is 17.4 Å². The van der Waals surface area contributed by atoms with Crippen LogP contribution in [0.2, 0.25) is 0 Å². The fourth-order valence-corrected chi connectivity index (χ4v) is 2.51. The SMILES string of the molecule is CCCc1c(C(=O)O)cnn1-c1cc(Oc2ccccc2C)ncn1. The van der Waals surface area contributed by atoms with E-state index in [4.69, 9.17) is 4.74 Å². The molecule has 2 heterocycles. The Morgan fingerprint density at radius 2 is 2.08 bits per heavy atom. The molecule has 0 aliphatic heterocycles. The van der Waals surface area contributed by atoms with Gasteiger partial charge in [0.1, 0.15) is 17.6 Å². The monoisotopic (exact) mass is 338 g/mol. The van der Waals surface area contributed by atoms with E-state index in [1.807, 2.05) is 38.1 Å². The second kappa shape index (κ2) is 7.12. The minimum atomic E-state index is -1.000. The highest BCUT2D eigenvalue weighted by molar-refractivity contribution is 5.88. The minimum absolute atomic E-state index is 0.182. The number of aryl methyl sites for hydroxylation is 1. The lowest BCUT2D eigenvalue weighted by Crippen LogP contribution is -2.08. The molecule has 7 nitrogen and oxygen atoms in total. The average Bonchev–Trinajstić information content (AvgIpc) is 3.02. The molecule has 0 atom stereocenters. The van der Waals surface area contributed by atoms with Gasteiger partial charge < -0.3 is 9.84 Å². The summed E-state index contributed by atoms with van der Waals surface area (Å²) in [6, 6.07) is 9.27. The third kappa shape index (κ3) is 3.50. The van der Waals surface area contributed by atoms with Crippen molar-refractivity contribution >= 4 is 5.97 Å². The number of rotatable bonds is 6. The van der Waals surface area contributed by atoms with Crippen molar-refractivity contribution in [3.05, 3.63) is 59.7 Å². The van der Waals surface area contributed by atoms with Crippen LogP contribution in [0.25, 0.3) is 5.82 Å². The molecule has 2 aromatic heterocycles. The highest BCUT2D eigenvalue weighted by atomic mass is 16.5. The Labute approximate surface area is 144 Å². The van der Waals surface area contributed by atoms with E-state index in [9.17, 15) is 9.90 Å². The van der Waals surface area contributed by atoms with E-state index in [1.54, 1.807) is 6.07 Å². The van der Waals surface area contributed by atoms with Crippen LogP contribution >= 0.6 is 0 Å². The predicted octanol–water partition coefficient (Wildman–Crippen LogP) is 3.41. The van der Waals surface area contributed by atoms with Gasteiger partial charge in [-0.15, -0.1) is 0 Å². The van der Waals surface area contributed by atoms with Crippen molar-refractivity contribution in [1.82, 2.24) is 19.7 Å². The van der Waals surface area contributed by atoms with E-state index in [-0.39, 0.29) is 5.56 Å².